The number of ether oxygens (including phenoxy) is 1. The minimum absolute atomic E-state index is 0.0634. The number of morpholine rings is 1. The number of nitrogens with one attached hydrogen (secondary N) is 1. The number of nitrogens with zero attached hydrogens (tertiary/aromatic N) is 1. The fourth-order valence-corrected chi connectivity index (χ4v) is 2.32. The van der Waals surface area contributed by atoms with Gasteiger partial charge in [0.05, 0.1) is 6.54 Å². The van der Waals surface area contributed by atoms with Gasteiger partial charge in [0.25, 0.3) is 0 Å². The average molecular weight is 212 g/mol. The van der Waals surface area contributed by atoms with Crippen LogP contribution in [0, 0.1) is 5.92 Å². The number of piperidine rings is 1. The third kappa shape index (κ3) is 3.47. The van der Waals surface area contributed by atoms with E-state index in [9.17, 15) is 4.79 Å². The van der Waals surface area contributed by atoms with Gasteiger partial charge in [0.15, 0.2) is 0 Å². The van der Waals surface area contributed by atoms with Gasteiger partial charge in [-0.25, -0.2) is 0 Å². The predicted molar refractivity (Wildman–Crippen MR) is 57.6 cm³/mol. The number of rotatable bonds is 3. The van der Waals surface area contributed by atoms with Gasteiger partial charge in [0.1, 0.15) is 6.61 Å². The number of carbonyl (C=O) groups excluding carboxylic acids is 1. The Morgan fingerprint density at radius 3 is 2.93 bits per heavy atom. The summed E-state index contributed by atoms with van der Waals surface area (Å²) in [6.45, 7) is 5.35. The number of hydrogen-bond donors (Lipinski definition) is 1. The minimum atomic E-state index is -0.0634. The number of carbonyl (C=O) groups is 1. The fraction of sp³-hybridized carbons (Fsp3) is 0.909. The van der Waals surface area contributed by atoms with Crippen LogP contribution in [0.3, 0.4) is 0 Å². The summed E-state index contributed by atoms with van der Waals surface area (Å²) in [6, 6.07) is 0. The van der Waals surface area contributed by atoms with Gasteiger partial charge >= 0.3 is 5.97 Å². The van der Waals surface area contributed by atoms with E-state index in [1.807, 2.05) is 0 Å². The first-order valence-electron chi connectivity index (χ1n) is 5.93. The second-order valence-electron chi connectivity index (χ2n) is 4.48. The van der Waals surface area contributed by atoms with Crippen LogP contribution in [0.5, 0.6) is 0 Å². The summed E-state index contributed by atoms with van der Waals surface area (Å²) in [5, 5.41) is 3.37. The van der Waals surface area contributed by atoms with Crippen LogP contribution in [0.2, 0.25) is 0 Å². The molecule has 0 aliphatic carbocycles. The first-order valence-corrected chi connectivity index (χ1v) is 5.93. The van der Waals surface area contributed by atoms with Crippen LogP contribution in [0.15, 0.2) is 0 Å². The highest BCUT2D eigenvalue weighted by Gasteiger charge is 2.19. The van der Waals surface area contributed by atoms with E-state index in [1.165, 1.54) is 19.3 Å². The number of esters is 1. The van der Waals surface area contributed by atoms with E-state index in [-0.39, 0.29) is 5.97 Å². The molecule has 2 saturated heterocycles. The summed E-state index contributed by atoms with van der Waals surface area (Å²) < 4.78 is 4.91. The molecule has 1 N–H and O–H groups in total. The Labute approximate surface area is 91.0 Å². The van der Waals surface area contributed by atoms with E-state index in [4.69, 9.17) is 4.74 Å². The summed E-state index contributed by atoms with van der Waals surface area (Å²) in [5.41, 5.74) is 0. The highest BCUT2D eigenvalue weighted by molar-refractivity contribution is 5.72. The van der Waals surface area contributed by atoms with Crippen molar-refractivity contribution in [1.29, 1.82) is 0 Å². The molecule has 0 amide bonds. The predicted octanol–water partition coefficient (Wildman–Crippen LogP) is 0.235. The van der Waals surface area contributed by atoms with Crippen LogP contribution in [-0.4, -0.2) is 50.2 Å². The number of cyclic esters (lactones) is 1. The zero-order valence-electron chi connectivity index (χ0n) is 9.21. The van der Waals surface area contributed by atoms with Crippen molar-refractivity contribution in [2.45, 2.75) is 19.3 Å². The van der Waals surface area contributed by atoms with Crippen molar-refractivity contribution < 1.29 is 9.53 Å². The van der Waals surface area contributed by atoms with Gasteiger partial charge in [-0.15, -0.1) is 0 Å². The average Bonchev–Trinajstić information content (AvgIpc) is 2.28. The van der Waals surface area contributed by atoms with Crippen LogP contribution in [0.25, 0.3) is 0 Å². The second-order valence-corrected chi connectivity index (χ2v) is 4.48. The van der Waals surface area contributed by atoms with Crippen molar-refractivity contribution in [3.05, 3.63) is 0 Å². The van der Waals surface area contributed by atoms with Crippen molar-refractivity contribution in [2.24, 2.45) is 5.92 Å². The normalized spacial score (nSPS) is 25.2. The lowest BCUT2D eigenvalue weighted by Gasteiger charge is -2.29. The van der Waals surface area contributed by atoms with Gasteiger partial charge in [0, 0.05) is 6.54 Å². The molecule has 4 nitrogen and oxygen atoms in total. The Bertz CT molecular complexity index is 215. The molecule has 0 radical (unpaired) electrons. The van der Waals surface area contributed by atoms with Crippen LogP contribution in [-0.2, 0) is 9.53 Å². The first-order chi connectivity index (χ1) is 7.34. The molecule has 86 valence electrons. The second kappa shape index (κ2) is 5.47. The minimum Gasteiger partial charge on any atom is -0.463 e. The maximum absolute atomic E-state index is 11.1. The molecule has 0 aromatic carbocycles. The smallest absolute Gasteiger partial charge is 0.320 e. The molecule has 0 aromatic rings. The zero-order valence-corrected chi connectivity index (χ0v) is 9.21. The Kier molecular flexibility index (Phi) is 3.97. The lowest BCUT2D eigenvalue weighted by Crippen LogP contribution is -2.41. The molecular weight excluding hydrogens is 192 g/mol. The third-order valence-corrected chi connectivity index (χ3v) is 3.34. The maximum atomic E-state index is 11.1. The Hall–Kier alpha value is -0.610. The molecule has 0 unspecified atom stereocenters. The summed E-state index contributed by atoms with van der Waals surface area (Å²) in [4.78, 5) is 13.3. The highest BCUT2D eigenvalue weighted by Crippen LogP contribution is 2.16. The van der Waals surface area contributed by atoms with Crippen LogP contribution in [0.1, 0.15) is 19.3 Å². The SMILES string of the molecule is O=C1CN(CCC2CCNCC2)CCO1. The monoisotopic (exact) mass is 212 g/mol. The molecule has 2 fully saturated rings. The zero-order chi connectivity index (χ0) is 10.5. The molecule has 2 heterocycles. The van der Waals surface area contributed by atoms with Gasteiger partial charge in [0.2, 0.25) is 0 Å². The van der Waals surface area contributed by atoms with Gasteiger partial charge in [-0.1, -0.05) is 0 Å². The molecule has 4 heteroatoms. The molecule has 0 bridgehead atoms. The van der Waals surface area contributed by atoms with Crippen LogP contribution < -0.4 is 5.32 Å². The van der Waals surface area contributed by atoms with E-state index in [1.54, 1.807) is 0 Å². The molecule has 0 saturated carbocycles. The summed E-state index contributed by atoms with van der Waals surface area (Å²) in [5.74, 6) is 0.788. The highest BCUT2D eigenvalue weighted by atomic mass is 16.5. The largest absolute Gasteiger partial charge is 0.463 e. The van der Waals surface area contributed by atoms with Crippen molar-refractivity contribution in [2.75, 3.05) is 39.3 Å². The van der Waals surface area contributed by atoms with Gasteiger partial charge in [-0.3, -0.25) is 9.69 Å². The molecular formula is C11H20N2O2. The first kappa shape index (κ1) is 10.9. The Morgan fingerprint density at radius 1 is 1.40 bits per heavy atom. The lowest BCUT2D eigenvalue weighted by molar-refractivity contribution is -0.150. The molecule has 2 aliphatic heterocycles. The molecule has 15 heavy (non-hydrogen) atoms. The lowest BCUT2D eigenvalue weighted by atomic mass is 9.94. The van der Waals surface area contributed by atoms with Gasteiger partial charge in [-0.05, 0) is 44.8 Å². The summed E-state index contributed by atoms with van der Waals surface area (Å²) in [6.07, 6.45) is 3.81. The van der Waals surface area contributed by atoms with Crippen LogP contribution >= 0.6 is 0 Å². The molecule has 2 aliphatic rings. The summed E-state index contributed by atoms with van der Waals surface area (Å²) in [7, 11) is 0. The van der Waals surface area contributed by atoms with Crippen molar-refractivity contribution >= 4 is 5.97 Å². The maximum Gasteiger partial charge on any atom is 0.320 e. The van der Waals surface area contributed by atoms with E-state index in [0.29, 0.717) is 13.2 Å². The quantitative estimate of drug-likeness (QED) is 0.680. The van der Waals surface area contributed by atoms with Gasteiger partial charge in [-0.2, -0.15) is 0 Å². The van der Waals surface area contributed by atoms with Crippen molar-refractivity contribution in [1.82, 2.24) is 10.2 Å². The van der Waals surface area contributed by atoms with Crippen LogP contribution in [0.4, 0.5) is 0 Å². The molecule has 2 rings (SSSR count). The van der Waals surface area contributed by atoms with E-state index in [0.717, 1.165) is 32.1 Å². The van der Waals surface area contributed by atoms with Gasteiger partial charge < -0.3 is 10.1 Å². The van der Waals surface area contributed by atoms with Crippen molar-refractivity contribution in [3.8, 4) is 0 Å². The van der Waals surface area contributed by atoms with E-state index in [2.05, 4.69) is 10.2 Å². The Balaban J connectivity index is 1.65. The standard InChI is InChI=1S/C11H20N2O2/c14-11-9-13(7-8-15-11)6-3-10-1-4-12-5-2-10/h10,12H,1-9H2. The number of hydrogen-bond acceptors (Lipinski definition) is 4. The summed E-state index contributed by atoms with van der Waals surface area (Å²) >= 11 is 0. The topological polar surface area (TPSA) is 41.6 Å². The van der Waals surface area contributed by atoms with Crippen molar-refractivity contribution in [3.63, 3.8) is 0 Å². The molecule has 0 aromatic heterocycles. The van der Waals surface area contributed by atoms with E-state index >= 15 is 0 Å². The molecule has 0 atom stereocenters. The van der Waals surface area contributed by atoms with E-state index < -0.39 is 0 Å². The third-order valence-electron chi connectivity index (χ3n) is 3.34. The molecule has 0 spiro atoms. The fourth-order valence-electron chi connectivity index (χ4n) is 2.32. The Morgan fingerprint density at radius 2 is 2.20 bits per heavy atom.